The Morgan fingerprint density at radius 1 is 1.04 bits per heavy atom. The Kier molecular flexibility index (Phi) is 4.17. The van der Waals surface area contributed by atoms with Crippen LogP contribution in [-0.4, -0.2) is 40.6 Å². The van der Waals surface area contributed by atoms with Gasteiger partial charge in [-0.1, -0.05) is 12.8 Å². The van der Waals surface area contributed by atoms with Crippen LogP contribution in [0.1, 0.15) is 77.6 Å². The summed E-state index contributed by atoms with van der Waals surface area (Å²) < 4.78 is 5.92. The van der Waals surface area contributed by atoms with Gasteiger partial charge in [0.15, 0.2) is 0 Å². The minimum atomic E-state index is -0.161. The molecule has 0 aromatic rings. The Morgan fingerprint density at radius 3 is 2.48 bits per heavy atom. The molecule has 4 aliphatic rings. The molecular formula is C19H32N2O2. The van der Waals surface area contributed by atoms with Crippen molar-refractivity contribution in [2.75, 3.05) is 0 Å². The summed E-state index contributed by atoms with van der Waals surface area (Å²) in [6.07, 6.45) is 13.4. The van der Waals surface area contributed by atoms with Crippen LogP contribution in [0.5, 0.6) is 0 Å². The van der Waals surface area contributed by atoms with E-state index < -0.39 is 0 Å². The average Bonchev–Trinajstić information content (AvgIpc) is 2.44. The Hall–Kier alpha value is -0.610. The highest BCUT2D eigenvalue weighted by Gasteiger charge is 2.50. The SMILES string of the molecule is CC(=O)O[C@@]12CCC[C@H](C[C@@H](N3[C@@H]4CCC[C@H]3C[C@@H](N)C4)C1)C2. The summed E-state index contributed by atoms with van der Waals surface area (Å²) >= 11 is 0. The van der Waals surface area contributed by atoms with Crippen LogP contribution in [0.3, 0.4) is 0 Å². The molecule has 4 heteroatoms. The molecule has 4 fully saturated rings. The monoisotopic (exact) mass is 320 g/mol. The van der Waals surface area contributed by atoms with Gasteiger partial charge in [0, 0.05) is 37.5 Å². The van der Waals surface area contributed by atoms with E-state index in [1.165, 1.54) is 38.5 Å². The lowest BCUT2D eigenvalue weighted by atomic mass is 9.65. The quantitative estimate of drug-likeness (QED) is 0.795. The van der Waals surface area contributed by atoms with Crippen molar-refractivity contribution in [1.82, 2.24) is 4.90 Å². The predicted molar refractivity (Wildman–Crippen MR) is 90.0 cm³/mol. The molecule has 0 aromatic carbocycles. The molecule has 2 N–H and O–H groups in total. The molecule has 0 unspecified atom stereocenters. The van der Waals surface area contributed by atoms with Gasteiger partial charge in [0.25, 0.3) is 0 Å². The van der Waals surface area contributed by atoms with Crippen LogP contribution in [0.25, 0.3) is 0 Å². The van der Waals surface area contributed by atoms with Gasteiger partial charge in [-0.25, -0.2) is 0 Å². The summed E-state index contributed by atoms with van der Waals surface area (Å²) in [5, 5.41) is 0. The first-order chi connectivity index (χ1) is 11.0. The molecule has 130 valence electrons. The molecule has 4 nitrogen and oxygen atoms in total. The fraction of sp³-hybridized carbons (Fsp3) is 0.947. The van der Waals surface area contributed by atoms with Crippen molar-refractivity contribution in [2.24, 2.45) is 11.7 Å². The summed E-state index contributed by atoms with van der Waals surface area (Å²) in [4.78, 5) is 14.5. The maximum Gasteiger partial charge on any atom is 0.303 e. The largest absolute Gasteiger partial charge is 0.459 e. The number of hydrogen-bond acceptors (Lipinski definition) is 4. The number of hydrogen-bond donors (Lipinski definition) is 1. The second-order valence-electron chi connectivity index (χ2n) is 8.75. The number of rotatable bonds is 2. The molecule has 2 aliphatic carbocycles. The highest BCUT2D eigenvalue weighted by Crippen LogP contribution is 2.49. The zero-order valence-electron chi connectivity index (χ0n) is 14.5. The summed E-state index contributed by atoms with van der Waals surface area (Å²) in [6.45, 7) is 1.58. The molecule has 4 bridgehead atoms. The van der Waals surface area contributed by atoms with E-state index in [0.29, 0.717) is 24.2 Å². The lowest BCUT2D eigenvalue weighted by Gasteiger charge is -2.57. The predicted octanol–water partition coefficient (Wildman–Crippen LogP) is 2.99. The molecule has 2 saturated heterocycles. The molecule has 2 heterocycles. The third kappa shape index (κ3) is 3.05. The highest BCUT2D eigenvalue weighted by atomic mass is 16.6. The van der Waals surface area contributed by atoms with Crippen molar-refractivity contribution in [3.63, 3.8) is 0 Å². The molecule has 2 saturated carbocycles. The number of piperidine rings is 2. The van der Waals surface area contributed by atoms with Gasteiger partial charge in [0.2, 0.25) is 0 Å². The van der Waals surface area contributed by atoms with Crippen molar-refractivity contribution in [3.05, 3.63) is 0 Å². The zero-order valence-corrected chi connectivity index (χ0v) is 14.5. The summed E-state index contributed by atoms with van der Waals surface area (Å²) in [6, 6.07) is 2.36. The van der Waals surface area contributed by atoms with Crippen LogP contribution in [0.15, 0.2) is 0 Å². The Bertz CT molecular complexity index is 454. The standard InChI is InChI=1S/C19H32N2O2/c1-13(22)23-19-7-3-4-14(11-19)8-18(12-19)21-16-5-2-6-17(21)10-15(20)9-16/h14-18H,2-12,20H2,1H3/t14-,15-,16+,17-,18-,19-/m1/s1. The van der Waals surface area contributed by atoms with Gasteiger partial charge >= 0.3 is 5.97 Å². The maximum absolute atomic E-state index is 11.7. The van der Waals surface area contributed by atoms with Gasteiger partial charge in [0.1, 0.15) is 5.60 Å². The minimum absolute atomic E-state index is 0.0906. The second kappa shape index (κ2) is 6.03. The number of carbonyl (C=O) groups is 1. The second-order valence-corrected chi connectivity index (χ2v) is 8.75. The number of nitrogens with zero attached hydrogens (tertiary/aromatic N) is 1. The topological polar surface area (TPSA) is 55.6 Å². The highest BCUT2D eigenvalue weighted by molar-refractivity contribution is 5.66. The summed E-state index contributed by atoms with van der Waals surface area (Å²) in [5.41, 5.74) is 6.14. The molecule has 0 aromatic heterocycles. The number of fused-ring (bicyclic) bond motifs is 4. The fourth-order valence-electron chi connectivity index (χ4n) is 6.45. The van der Waals surface area contributed by atoms with Crippen LogP contribution in [0.4, 0.5) is 0 Å². The zero-order chi connectivity index (χ0) is 16.0. The van der Waals surface area contributed by atoms with E-state index in [-0.39, 0.29) is 11.6 Å². The lowest BCUT2D eigenvalue weighted by Crippen LogP contribution is -2.62. The van der Waals surface area contributed by atoms with Gasteiger partial charge in [-0.3, -0.25) is 9.69 Å². The number of ether oxygens (including phenoxy) is 1. The molecule has 4 rings (SSSR count). The molecular weight excluding hydrogens is 288 g/mol. The van der Waals surface area contributed by atoms with Crippen LogP contribution in [0, 0.1) is 5.92 Å². The van der Waals surface area contributed by atoms with E-state index in [9.17, 15) is 4.79 Å². The van der Waals surface area contributed by atoms with Crippen molar-refractivity contribution in [3.8, 4) is 0 Å². The van der Waals surface area contributed by atoms with Gasteiger partial charge in [-0.15, -0.1) is 0 Å². The van der Waals surface area contributed by atoms with Gasteiger partial charge in [0.05, 0.1) is 0 Å². The molecule has 0 radical (unpaired) electrons. The first-order valence-corrected chi connectivity index (χ1v) is 9.77. The van der Waals surface area contributed by atoms with Crippen molar-refractivity contribution < 1.29 is 9.53 Å². The Balaban J connectivity index is 1.55. The first-order valence-electron chi connectivity index (χ1n) is 9.77. The van der Waals surface area contributed by atoms with Gasteiger partial charge in [-0.2, -0.15) is 0 Å². The van der Waals surface area contributed by atoms with Gasteiger partial charge in [-0.05, 0) is 57.3 Å². The van der Waals surface area contributed by atoms with Crippen LogP contribution in [0.2, 0.25) is 0 Å². The fourth-order valence-corrected chi connectivity index (χ4v) is 6.45. The van der Waals surface area contributed by atoms with Gasteiger partial charge < -0.3 is 10.5 Å². The first kappa shape index (κ1) is 15.9. The number of carbonyl (C=O) groups excluding carboxylic acids is 1. The summed E-state index contributed by atoms with van der Waals surface area (Å²) in [7, 11) is 0. The molecule has 2 aliphatic heterocycles. The number of nitrogens with two attached hydrogens (primary N) is 1. The number of esters is 1. The van der Waals surface area contributed by atoms with E-state index >= 15 is 0 Å². The lowest BCUT2D eigenvalue weighted by molar-refractivity contribution is -0.174. The molecule has 0 spiro atoms. The van der Waals surface area contributed by atoms with E-state index in [4.69, 9.17) is 10.5 Å². The van der Waals surface area contributed by atoms with Crippen molar-refractivity contribution in [2.45, 2.75) is 107 Å². The van der Waals surface area contributed by atoms with Crippen molar-refractivity contribution >= 4 is 5.97 Å². The molecule has 6 atom stereocenters. The minimum Gasteiger partial charge on any atom is -0.459 e. The third-order valence-electron chi connectivity index (χ3n) is 6.97. The molecule has 23 heavy (non-hydrogen) atoms. The third-order valence-corrected chi connectivity index (χ3v) is 6.97. The average molecular weight is 320 g/mol. The van der Waals surface area contributed by atoms with E-state index in [2.05, 4.69) is 4.90 Å². The Labute approximate surface area is 140 Å². The summed E-state index contributed by atoms with van der Waals surface area (Å²) in [5.74, 6) is 0.658. The maximum atomic E-state index is 11.7. The smallest absolute Gasteiger partial charge is 0.303 e. The van der Waals surface area contributed by atoms with E-state index in [0.717, 1.165) is 38.0 Å². The van der Waals surface area contributed by atoms with E-state index in [1.807, 2.05) is 0 Å². The van der Waals surface area contributed by atoms with Crippen LogP contribution in [-0.2, 0) is 9.53 Å². The van der Waals surface area contributed by atoms with Crippen LogP contribution < -0.4 is 5.73 Å². The normalized spacial score (nSPS) is 47.1. The van der Waals surface area contributed by atoms with E-state index in [1.54, 1.807) is 6.92 Å². The van der Waals surface area contributed by atoms with Crippen LogP contribution >= 0.6 is 0 Å². The molecule has 0 amide bonds. The van der Waals surface area contributed by atoms with Crippen molar-refractivity contribution in [1.29, 1.82) is 0 Å². The Morgan fingerprint density at radius 2 is 1.78 bits per heavy atom.